The van der Waals surface area contributed by atoms with Crippen LogP contribution in [0.1, 0.15) is 36.2 Å². The van der Waals surface area contributed by atoms with Gasteiger partial charge in [-0.05, 0) is 19.4 Å². The van der Waals surface area contributed by atoms with Crippen molar-refractivity contribution in [3.8, 4) is 0 Å². The number of benzene rings is 1. The van der Waals surface area contributed by atoms with Crippen LogP contribution in [0, 0.1) is 0 Å². The molecule has 4 nitrogen and oxygen atoms in total. The van der Waals surface area contributed by atoms with Crippen LogP contribution in [-0.2, 0) is 12.6 Å². The van der Waals surface area contributed by atoms with E-state index in [1.165, 1.54) is 0 Å². The molecule has 1 aromatic carbocycles. The molecule has 0 saturated carbocycles. The lowest BCUT2D eigenvalue weighted by atomic mass is 10.1. The summed E-state index contributed by atoms with van der Waals surface area (Å²) in [5, 5.41) is 7.91. The van der Waals surface area contributed by atoms with E-state index >= 15 is 0 Å². The molecule has 0 saturated heterocycles. The van der Waals surface area contributed by atoms with Crippen LogP contribution in [0.5, 0.6) is 0 Å². The highest BCUT2D eigenvalue weighted by Gasteiger charge is 2.33. The monoisotopic (exact) mass is 370 g/mol. The van der Waals surface area contributed by atoms with Crippen LogP contribution < -0.4 is 10.6 Å². The largest absolute Gasteiger partial charge is 0.434 e. The van der Waals surface area contributed by atoms with Crippen molar-refractivity contribution in [1.29, 1.82) is 0 Å². The Balaban J connectivity index is 1.94. The maximum absolute atomic E-state index is 12.6. The topological polar surface area (TPSA) is 49.3 Å². The summed E-state index contributed by atoms with van der Waals surface area (Å²) in [6.07, 6.45) is -4.02. The van der Waals surface area contributed by atoms with Gasteiger partial charge in [-0.25, -0.2) is 4.98 Å². The van der Waals surface area contributed by atoms with Gasteiger partial charge < -0.3 is 10.6 Å². The van der Waals surface area contributed by atoms with Crippen LogP contribution in [0.25, 0.3) is 0 Å². The Morgan fingerprint density at radius 3 is 2.60 bits per heavy atom. The maximum atomic E-state index is 12.6. The zero-order valence-electron chi connectivity index (χ0n) is 14.1. The lowest BCUT2D eigenvalue weighted by Crippen LogP contribution is -2.38. The quantitative estimate of drug-likeness (QED) is 0.596. The molecule has 1 unspecified atom stereocenters. The van der Waals surface area contributed by atoms with Crippen LogP contribution in [0.2, 0.25) is 0 Å². The molecule has 0 amide bonds. The molecule has 0 aliphatic rings. The molecule has 0 radical (unpaired) electrons. The molecule has 0 fully saturated rings. The molecule has 1 heterocycles. The Hall–Kier alpha value is -2.09. The van der Waals surface area contributed by atoms with Gasteiger partial charge >= 0.3 is 6.18 Å². The first kappa shape index (κ1) is 19.2. The minimum absolute atomic E-state index is 0.0655. The second kappa shape index (κ2) is 8.84. The highest BCUT2D eigenvalue weighted by molar-refractivity contribution is 7.09. The van der Waals surface area contributed by atoms with Crippen LogP contribution >= 0.6 is 11.3 Å². The van der Waals surface area contributed by atoms with E-state index in [4.69, 9.17) is 0 Å². The molecule has 0 bridgehead atoms. The molecule has 8 heteroatoms. The summed E-state index contributed by atoms with van der Waals surface area (Å²) < 4.78 is 37.7. The number of guanidine groups is 1. The molecule has 0 aliphatic heterocycles. The standard InChI is InChI=1S/C17H21F3N4S/c1-3-21-16(23-12(2)13-7-5-4-6-8-13)22-10-9-15-24-14(11-25-15)17(18,19)20/h4-8,11-12H,3,9-10H2,1-2H3,(H2,21,22,23). The first-order valence-electron chi connectivity index (χ1n) is 8.01. The van der Waals surface area contributed by atoms with Gasteiger partial charge in [0.25, 0.3) is 0 Å². The average Bonchev–Trinajstić information content (AvgIpc) is 3.05. The summed E-state index contributed by atoms with van der Waals surface area (Å²) in [6.45, 7) is 5.05. The third-order valence-electron chi connectivity index (χ3n) is 3.43. The zero-order chi connectivity index (χ0) is 18.3. The second-order valence-electron chi connectivity index (χ2n) is 5.41. The van der Waals surface area contributed by atoms with E-state index in [2.05, 4.69) is 20.6 Å². The van der Waals surface area contributed by atoms with Crippen LogP contribution in [0.3, 0.4) is 0 Å². The van der Waals surface area contributed by atoms with Gasteiger partial charge in [-0.3, -0.25) is 4.99 Å². The molecule has 0 spiro atoms. The van der Waals surface area contributed by atoms with Gasteiger partial charge in [0, 0.05) is 24.9 Å². The number of thiazole rings is 1. The summed E-state index contributed by atoms with van der Waals surface area (Å²) >= 11 is 1.01. The minimum atomic E-state index is -4.39. The maximum Gasteiger partial charge on any atom is 0.434 e. The van der Waals surface area contributed by atoms with Gasteiger partial charge in [0.15, 0.2) is 11.7 Å². The summed E-state index contributed by atoms with van der Waals surface area (Å²) in [5.41, 5.74) is 0.294. The number of nitrogens with zero attached hydrogens (tertiary/aromatic N) is 2. The van der Waals surface area contributed by atoms with E-state index in [1.807, 2.05) is 44.2 Å². The van der Waals surface area contributed by atoms with E-state index in [9.17, 15) is 13.2 Å². The SMILES string of the molecule is CCNC(=NCCc1nc(C(F)(F)F)cs1)NC(C)c1ccccc1. The number of nitrogens with one attached hydrogen (secondary N) is 2. The van der Waals surface area contributed by atoms with E-state index in [0.717, 1.165) is 22.3 Å². The zero-order valence-corrected chi connectivity index (χ0v) is 14.9. The van der Waals surface area contributed by atoms with Crippen molar-refractivity contribution < 1.29 is 13.2 Å². The van der Waals surface area contributed by atoms with Crippen molar-refractivity contribution in [3.63, 3.8) is 0 Å². The summed E-state index contributed by atoms with van der Waals surface area (Å²) in [5.74, 6) is 0.631. The predicted molar refractivity (Wildman–Crippen MR) is 94.8 cm³/mol. The number of halogens is 3. The van der Waals surface area contributed by atoms with Gasteiger partial charge in [0.05, 0.1) is 11.0 Å². The summed E-state index contributed by atoms with van der Waals surface area (Å²) in [6, 6.07) is 10.0. The molecule has 1 aromatic heterocycles. The number of hydrogen-bond acceptors (Lipinski definition) is 3. The Kier molecular flexibility index (Phi) is 6.81. The fourth-order valence-corrected chi connectivity index (χ4v) is 2.96. The van der Waals surface area contributed by atoms with Gasteiger partial charge in [-0.1, -0.05) is 30.3 Å². The second-order valence-corrected chi connectivity index (χ2v) is 6.35. The third-order valence-corrected chi connectivity index (χ3v) is 4.34. The molecule has 2 N–H and O–H groups in total. The summed E-state index contributed by atoms with van der Waals surface area (Å²) in [7, 11) is 0. The Morgan fingerprint density at radius 2 is 2.00 bits per heavy atom. The van der Waals surface area contributed by atoms with Crippen molar-refractivity contribution in [1.82, 2.24) is 15.6 Å². The fraction of sp³-hybridized carbons (Fsp3) is 0.412. The van der Waals surface area contributed by atoms with Gasteiger partial charge in [0.2, 0.25) is 0 Å². The number of aromatic nitrogens is 1. The van der Waals surface area contributed by atoms with E-state index in [-0.39, 0.29) is 6.04 Å². The highest BCUT2D eigenvalue weighted by Crippen LogP contribution is 2.30. The van der Waals surface area contributed by atoms with E-state index in [0.29, 0.717) is 30.5 Å². The summed E-state index contributed by atoms with van der Waals surface area (Å²) in [4.78, 5) is 8.04. The van der Waals surface area contributed by atoms with Gasteiger partial charge in [-0.2, -0.15) is 13.2 Å². The lowest BCUT2D eigenvalue weighted by molar-refractivity contribution is -0.140. The highest BCUT2D eigenvalue weighted by atomic mass is 32.1. The van der Waals surface area contributed by atoms with Crippen molar-refractivity contribution >= 4 is 17.3 Å². The van der Waals surface area contributed by atoms with Crippen molar-refractivity contribution in [3.05, 3.63) is 52.0 Å². The fourth-order valence-electron chi connectivity index (χ4n) is 2.17. The van der Waals surface area contributed by atoms with Crippen molar-refractivity contribution in [2.24, 2.45) is 4.99 Å². The number of hydrogen-bond donors (Lipinski definition) is 2. The van der Waals surface area contributed by atoms with Crippen LogP contribution in [-0.4, -0.2) is 24.0 Å². The molecule has 2 aromatic rings. The molecule has 0 aliphatic carbocycles. The average molecular weight is 370 g/mol. The predicted octanol–water partition coefficient (Wildman–Crippen LogP) is 4.02. The lowest BCUT2D eigenvalue weighted by Gasteiger charge is -2.18. The number of aliphatic imine (C=N–C) groups is 1. The molecule has 25 heavy (non-hydrogen) atoms. The Bertz CT molecular complexity index is 683. The normalized spacial score (nSPS) is 13.6. The molecule has 2 rings (SSSR count). The van der Waals surface area contributed by atoms with Crippen LogP contribution in [0.15, 0.2) is 40.7 Å². The minimum Gasteiger partial charge on any atom is -0.357 e. The molecule has 1 atom stereocenters. The first-order valence-corrected chi connectivity index (χ1v) is 8.89. The number of alkyl halides is 3. The smallest absolute Gasteiger partial charge is 0.357 e. The molecular formula is C17H21F3N4S. The first-order chi connectivity index (χ1) is 11.9. The number of rotatable bonds is 6. The molecular weight excluding hydrogens is 349 g/mol. The van der Waals surface area contributed by atoms with Crippen molar-refractivity contribution in [2.75, 3.05) is 13.1 Å². The van der Waals surface area contributed by atoms with Crippen LogP contribution in [0.4, 0.5) is 13.2 Å². The Labute approximate surface area is 149 Å². The van der Waals surface area contributed by atoms with E-state index < -0.39 is 11.9 Å². The van der Waals surface area contributed by atoms with Crippen molar-refractivity contribution in [2.45, 2.75) is 32.5 Å². The van der Waals surface area contributed by atoms with Gasteiger partial charge in [0.1, 0.15) is 0 Å². The van der Waals surface area contributed by atoms with Gasteiger partial charge in [-0.15, -0.1) is 11.3 Å². The Morgan fingerprint density at radius 1 is 1.28 bits per heavy atom. The molecule has 136 valence electrons. The third kappa shape index (κ3) is 6.04. The van der Waals surface area contributed by atoms with E-state index in [1.54, 1.807) is 0 Å².